The molecule has 5 aromatic rings. The number of rotatable bonds is 12. The number of carboxylic acids is 2. The average Bonchev–Trinajstić information content (AvgIpc) is 3.90. The topological polar surface area (TPSA) is 129 Å². The lowest BCUT2D eigenvalue weighted by atomic mass is 10.1. The number of carboxylic acid groups (broad SMARTS) is 2. The fraction of sp³-hybridized carbons (Fsp3) is 0.0800. The number of nitrogens with zero attached hydrogens (tertiary/aromatic N) is 4. The third-order valence-corrected chi connectivity index (χ3v) is 9.91. The lowest BCUT2D eigenvalue weighted by molar-refractivity contribution is -0.133. The van der Waals surface area contributed by atoms with Gasteiger partial charge in [0.15, 0.2) is 0 Å². The summed E-state index contributed by atoms with van der Waals surface area (Å²) < 4.78 is 0. The predicted molar refractivity (Wildman–Crippen MR) is 229 cm³/mol. The van der Waals surface area contributed by atoms with E-state index in [4.69, 9.17) is 10.5 Å². The summed E-state index contributed by atoms with van der Waals surface area (Å²) >= 11 is 0. The number of carbonyl (C=O) groups is 2. The Morgan fingerprint density at radius 3 is 1.09 bits per heavy atom. The number of allylic oxidation sites excluding steroid dienone is 8. The van der Waals surface area contributed by atoms with E-state index in [0.29, 0.717) is 12.8 Å². The maximum Gasteiger partial charge on any atom is 0.346 e. The third kappa shape index (κ3) is 9.12. The smallest absolute Gasteiger partial charge is 0.346 e. The van der Waals surface area contributed by atoms with Gasteiger partial charge in [-0.25, -0.2) is 9.59 Å². The molecule has 2 N–H and O–H groups in total. The van der Waals surface area contributed by atoms with Gasteiger partial charge in [-0.3, -0.25) is 0 Å². The number of aliphatic carboxylic acids is 2. The molecule has 0 aliphatic heterocycles. The minimum absolute atomic E-state index is 0.261. The zero-order valence-corrected chi connectivity index (χ0v) is 31.5. The van der Waals surface area contributed by atoms with Crippen LogP contribution in [0.4, 0.5) is 34.1 Å². The van der Waals surface area contributed by atoms with Crippen molar-refractivity contribution in [2.45, 2.75) is 25.7 Å². The van der Waals surface area contributed by atoms with Gasteiger partial charge in [-0.1, -0.05) is 85.0 Å². The average molecular weight is 759 g/mol. The maximum atomic E-state index is 11.3. The van der Waals surface area contributed by atoms with Crippen molar-refractivity contribution >= 4 is 58.2 Å². The Balaban J connectivity index is 1.15. The van der Waals surface area contributed by atoms with Crippen LogP contribution in [-0.2, 0) is 9.59 Å². The molecule has 7 rings (SSSR count). The van der Waals surface area contributed by atoms with Gasteiger partial charge in [0, 0.05) is 34.1 Å². The van der Waals surface area contributed by atoms with E-state index < -0.39 is 11.9 Å². The van der Waals surface area contributed by atoms with Crippen molar-refractivity contribution in [1.82, 2.24) is 0 Å². The van der Waals surface area contributed by atoms with Crippen LogP contribution >= 0.6 is 0 Å². The SMILES string of the molecule is N#C/C(=C\C1=CC(=C/c2ccc(N(c3ccccc3)c3ccc(N(c4ccccc4)c4ccc(/C=C5C=C(/C=C(\C#N)C(=O)O)CC/5)cc4)cc3)cc2)/CC1)C(=O)O. The second-order valence-electron chi connectivity index (χ2n) is 13.9. The highest BCUT2D eigenvalue weighted by Crippen LogP contribution is 2.39. The Bertz CT molecular complexity index is 2420. The van der Waals surface area contributed by atoms with Crippen molar-refractivity contribution in [2.24, 2.45) is 0 Å². The van der Waals surface area contributed by atoms with Crippen LogP contribution in [0.5, 0.6) is 0 Å². The van der Waals surface area contributed by atoms with Crippen LogP contribution in [-0.4, -0.2) is 22.2 Å². The fourth-order valence-corrected chi connectivity index (χ4v) is 7.12. The molecule has 0 radical (unpaired) electrons. The molecule has 58 heavy (non-hydrogen) atoms. The van der Waals surface area contributed by atoms with E-state index in [-0.39, 0.29) is 11.1 Å². The lowest BCUT2D eigenvalue weighted by Gasteiger charge is -2.28. The zero-order valence-electron chi connectivity index (χ0n) is 31.5. The molecule has 0 unspecified atom stereocenters. The van der Waals surface area contributed by atoms with Crippen molar-refractivity contribution in [3.8, 4) is 12.1 Å². The van der Waals surface area contributed by atoms with E-state index in [9.17, 15) is 19.8 Å². The number of para-hydroxylation sites is 2. The molecule has 0 heterocycles. The van der Waals surface area contributed by atoms with Gasteiger partial charge in [-0.15, -0.1) is 0 Å². The molecule has 8 nitrogen and oxygen atoms in total. The fourth-order valence-electron chi connectivity index (χ4n) is 7.12. The lowest BCUT2D eigenvalue weighted by Crippen LogP contribution is -2.12. The standard InChI is InChI=1S/C50H38N4O4/c51-33-41(49(55)56)31-39-13-11-37(29-39)27-35-15-19-45(20-16-35)53(43-7-3-1-4-8-43)47-23-25-48(26-24-47)54(44-9-5-2-6-10-44)46-21-17-36(18-22-46)28-38-12-14-40(30-38)32-42(34-52)50(57)58/h1-10,15-32H,11-14H2,(H,55,56)(H,57,58)/b37-27+,38-28+,41-31+,42-32+. The summed E-state index contributed by atoms with van der Waals surface area (Å²) in [6.45, 7) is 0. The van der Waals surface area contributed by atoms with Gasteiger partial charge in [0.2, 0.25) is 0 Å². The van der Waals surface area contributed by atoms with Crippen molar-refractivity contribution < 1.29 is 19.8 Å². The van der Waals surface area contributed by atoms with E-state index in [1.54, 1.807) is 12.1 Å². The van der Waals surface area contributed by atoms with E-state index in [1.807, 2.05) is 48.6 Å². The molecule has 2 aliphatic carbocycles. The number of benzene rings is 5. The number of hydrogen-bond donors (Lipinski definition) is 2. The second kappa shape index (κ2) is 17.7. The Labute approximate surface area is 337 Å². The van der Waals surface area contributed by atoms with Gasteiger partial charge in [-0.2, -0.15) is 10.5 Å². The number of nitriles is 2. The van der Waals surface area contributed by atoms with Crippen LogP contribution in [0.1, 0.15) is 36.8 Å². The van der Waals surface area contributed by atoms with Gasteiger partial charge in [0.1, 0.15) is 23.3 Å². The minimum atomic E-state index is -1.22. The molecule has 282 valence electrons. The van der Waals surface area contributed by atoms with Crippen molar-refractivity contribution in [3.63, 3.8) is 0 Å². The van der Waals surface area contributed by atoms with E-state index in [1.165, 1.54) is 12.2 Å². The van der Waals surface area contributed by atoms with Crippen LogP contribution in [0.3, 0.4) is 0 Å². The van der Waals surface area contributed by atoms with Crippen LogP contribution in [0, 0.1) is 22.7 Å². The Hall–Kier alpha value is -7.94. The first-order valence-corrected chi connectivity index (χ1v) is 18.8. The summed E-state index contributed by atoms with van der Waals surface area (Å²) in [4.78, 5) is 27.0. The first kappa shape index (κ1) is 38.3. The van der Waals surface area contributed by atoms with Gasteiger partial charge in [0.25, 0.3) is 0 Å². The molecule has 8 heteroatoms. The zero-order chi connectivity index (χ0) is 40.4. The van der Waals surface area contributed by atoms with E-state index >= 15 is 0 Å². The largest absolute Gasteiger partial charge is 0.477 e. The van der Waals surface area contributed by atoms with Crippen LogP contribution < -0.4 is 9.80 Å². The predicted octanol–water partition coefficient (Wildman–Crippen LogP) is 11.9. The molecule has 5 aromatic carbocycles. The molecular weight excluding hydrogens is 721 g/mol. The maximum absolute atomic E-state index is 11.3. The molecule has 2 aliphatic rings. The van der Waals surface area contributed by atoms with Crippen LogP contribution in [0.15, 0.2) is 191 Å². The highest BCUT2D eigenvalue weighted by molar-refractivity contribution is 5.92. The van der Waals surface area contributed by atoms with Crippen LogP contribution in [0.2, 0.25) is 0 Å². The molecule has 0 fully saturated rings. The highest BCUT2D eigenvalue weighted by Gasteiger charge is 2.17. The first-order valence-electron chi connectivity index (χ1n) is 18.8. The minimum Gasteiger partial charge on any atom is -0.477 e. The molecule has 0 spiro atoms. The molecule has 0 atom stereocenters. The van der Waals surface area contributed by atoms with E-state index in [0.717, 1.165) is 80.4 Å². The van der Waals surface area contributed by atoms with Crippen molar-refractivity contribution in [3.05, 3.63) is 202 Å². The summed E-state index contributed by atoms with van der Waals surface area (Å²) in [7, 11) is 0. The molecule has 0 saturated heterocycles. The van der Waals surface area contributed by atoms with Gasteiger partial charge < -0.3 is 20.0 Å². The van der Waals surface area contributed by atoms with Crippen LogP contribution in [0.25, 0.3) is 12.2 Å². The van der Waals surface area contributed by atoms with Gasteiger partial charge in [0.05, 0.1) is 0 Å². The molecule has 0 bridgehead atoms. The summed E-state index contributed by atoms with van der Waals surface area (Å²) in [5.74, 6) is -2.44. The molecular formula is C50H38N4O4. The summed E-state index contributed by atoms with van der Waals surface area (Å²) in [6, 6.07) is 49.1. The van der Waals surface area contributed by atoms with Crippen molar-refractivity contribution in [1.29, 1.82) is 10.5 Å². The Morgan fingerprint density at radius 1 is 0.466 bits per heavy atom. The quantitative estimate of drug-likeness (QED) is 0.0950. The molecule has 0 amide bonds. The summed E-state index contributed by atoms with van der Waals surface area (Å²) in [5, 5.41) is 36.7. The van der Waals surface area contributed by atoms with Crippen molar-refractivity contribution in [2.75, 3.05) is 9.80 Å². The summed E-state index contributed by atoms with van der Waals surface area (Å²) in [6.07, 6.45) is 13.9. The third-order valence-electron chi connectivity index (χ3n) is 9.91. The number of anilines is 6. The Kier molecular flexibility index (Phi) is 11.7. The summed E-state index contributed by atoms with van der Waals surface area (Å²) in [5.41, 5.74) is 11.3. The molecule has 0 aromatic heterocycles. The number of hydrogen-bond acceptors (Lipinski definition) is 6. The van der Waals surface area contributed by atoms with E-state index in [2.05, 4.69) is 119 Å². The second-order valence-corrected chi connectivity index (χ2v) is 13.9. The van der Waals surface area contributed by atoms with Gasteiger partial charge >= 0.3 is 11.9 Å². The Morgan fingerprint density at radius 2 is 0.776 bits per heavy atom. The normalized spacial score (nSPS) is 15.3. The van der Waals surface area contributed by atoms with Gasteiger partial charge in [-0.05, 0) is 144 Å². The first-order chi connectivity index (χ1) is 28.3. The monoisotopic (exact) mass is 758 g/mol. The molecule has 0 saturated carbocycles. The highest BCUT2D eigenvalue weighted by atomic mass is 16.4.